The van der Waals surface area contributed by atoms with Crippen LogP contribution in [0.1, 0.15) is 36.0 Å². The molecule has 1 aromatic carbocycles. The van der Waals surface area contributed by atoms with Crippen molar-refractivity contribution >= 4 is 29.0 Å². The molecule has 1 amide bonds. The maximum atomic E-state index is 11.3. The number of hydrogen-bond donors (Lipinski definition) is 3. The lowest BCUT2D eigenvalue weighted by Crippen LogP contribution is -2.29. The van der Waals surface area contributed by atoms with Crippen LogP contribution < -0.4 is 16.8 Å². The van der Waals surface area contributed by atoms with E-state index in [-0.39, 0.29) is 0 Å². The van der Waals surface area contributed by atoms with Crippen LogP contribution in [0.15, 0.2) is 18.2 Å². The van der Waals surface area contributed by atoms with Gasteiger partial charge in [0.2, 0.25) is 0 Å². The van der Waals surface area contributed by atoms with Crippen molar-refractivity contribution in [1.29, 1.82) is 0 Å². The van der Waals surface area contributed by atoms with E-state index in [0.717, 1.165) is 18.5 Å². The van der Waals surface area contributed by atoms with Crippen molar-refractivity contribution < 1.29 is 4.79 Å². The average Bonchev–Trinajstić information content (AvgIpc) is 2.41. The van der Waals surface area contributed by atoms with Gasteiger partial charge in [0.15, 0.2) is 0 Å². The Kier molecular flexibility index (Phi) is 4.58. The van der Waals surface area contributed by atoms with Gasteiger partial charge in [0.1, 0.15) is 0 Å². The predicted octanol–water partition coefficient (Wildman–Crippen LogP) is 2.45. The standard InChI is InChI=1S/C14H21N3OS/c1-19-10-5-2-4-9(8-10)17-12-7-3-6-11(13(12)15)14(16)18/h3,6-7,9-10,17H,2,4-5,8,15H2,1H3,(H2,16,18). The molecule has 1 aliphatic carbocycles. The number of rotatable bonds is 4. The zero-order valence-corrected chi connectivity index (χ0v) is 12.0. The summed E-state index contributed by atoms with van der Waals surface area (Å²) >= 11 is 1.93. The number of benzene rings is 1. The number of carbonyl (C=O) groups excluding carboxylic acids is 1. The molecule has 0 aliphatic heterocycles. The molecule has 0 bridgehead atoms. The van der Waals surface area contributed by atoms with Gasteiger partial charge in [-0.2, -0.15) is 11.8 Å². The zero-order valence-electron chi connectivity index (χ0n) is 11.2. The van der Waals surface area contributed by atoms with E-state index in [1.165, 1.54) is 12.8 Å². The van der Waals surface area contributed by atoms with Gasteiger partial charge in [0.25, 0.3) is 5.91 Å². The van der Waals surface area contributed by atoms with Crippen molar-refractivity contribution in [2.75, 3.05) is 17.3 Å². The molecule has 104 valence electrons. The molecule has 19 heavy (non-hydrogen) atoms. The minimum absolute atomic E-state index is 0.391. The first-order chi connectivity index (χ1) is 9.11. The number of anilines is 2. The summed E-state index contributed by atoms with van der Waals surface area (Å²) in [5.41, 5.74) is 13.0. The first-order valence-electron chi connectivity index (χ1n) is 6.59. The van der Waals surface area contributed by atoms with Crippen molar-refractivity contribution in [1.82, 2.24) is 0 Å². The molecule has 4 nitrogen and oxygen atoms in total. The van der Waals surface area contributed by atoms with Crippen LogP contribution in [0, 0.1) is 0 Å². The maximum absolute atomic E-state index is 11.3. The van der Waals surface area contributed by atoms with Gasteiger partial charge in [-0.1, -0.05) is 12.5 Å². The first-order valence-corrected chi connectivity index (χ1v) is 7.88. The van der Waals surface area contributed by atoms with E-state index in [4.69, 9.17) is 11.5 Å². The summed E-state index contributed by atoms with van der Waals surface area (Å²) < 4.78 is 0. The number of carbonyl (C=O) groups is 1. The molecule has 2 unspecified atom stereocenters. The summed E-state index contributed by atoms with van der Waals surface area (Å²) in [6.07, 6.45) is 6.97. The van der Waals surface area contributed by atoms with Crippen molar-refractivity contribution in [3.63, 3.8) is 0 Å². The van der Waals surface area contributed by atoms with Crippen molar-refractivity contribution in [3.05, 3.63) is 23.8 Å². The maximum Gasteiger partial charge on any atom is 0.250 e. The number of primary amides is 1. The molecule has 0 heterocycles. The molecule has 0 radical (unpaired) electrons. The third kappa shape index (κ3) is 3.35. The quantitative estimate of drug-likeness (QED) is 0.739. The van der Waals surface area contributed by atoms with Crippen LogP contribution in [0.5, 0.6) is 0 Å². The van der Waals surface area contributed by atoms with E-state index in [2.05, 4.69) is 11.6 Å². The molecule has 5 heteroatoms. The Labute approximate surface area is 118 Å². The molecule has 1 aromatic rings. The SMILES string of the molecule is CSC1CCCC(Nc2cccc(C(N)=O)c2N)C1. The molecule has 0 spiro atoms. The summed E-state index contributed by atoms with van der Waals surface area (Å²) in [5.74, 6) is -0.480. The van der Waals surface area contributed by atoms with Gasteiger partial charge >= 0.3 is 0 Å². The first kappa shape index (κ1) is 14.1. The topological polar surface area (TPSA) is 81.1 Å². The molecule has 0 saturated heterocycles. The van der Waals surface area contributed by atoms with Crippen LogP contribution in [0.4, 0.5) is 11.4 Å². The Morgan fingerprint density at radius 2 is 2.21 bits per heavy atom. The van der Waals surface area contributed by atoms with Crippen LogP contribution in [-0.4, -0.2) is 23.5 Å². The minimum Gasteiger partial charge on any atom is -0.396 e. The fraction of sp³-hybridized carbons (Fsp3) is 0.500. The number of thioether (sulfide) groups is 1. The smallest absolute Gasteiger partial charge is 0.250 e. The molecule has 2 atom stereocenters. The van der Waals surface area contributed by atoms with E-state index in [9.17, 15) is 4.79 Å². The second-order valence-corrected chi connectivity index (χ2v) is 6.13. The molecular weight excluding hydrogens is 258 g/mol. The Morgan fingerprint density at radius 1 is 1.42 bits per heavy atom. The number of para-hydroxylation sites is 1. The molecule has 2 rings (SSSR count). The molecule has 1 aliphatic rings. The summed E-state index contributed by atoms with van der Waals surface area (Å²) in [6.45, 7) is 0. The highest BCUT2D eigenvalue weighted by Gasteiger charge is 2.22. The Morgan fingerprint density at radius 3 is 2.89 bits per heavy atom. The van der Waals surface area contributed by atoms with Gasteiger partial charge in [-0.05, 0) is 37.7 Å². The number of hydrogen-bond acceptors (Lipinski definition) is 4. The Hall–Kier alpha value is -1.36. The normalized spacial score (nSPS) is 23.0. The van der Waals surface area contributed by atoms with E-state index in [1.807, 2.05) is 23.9 Å². The lowest BCUT2D eigenvalue weighted by molar-refractivity contribution is 0.100. The highest BCUT2D eigenvalue weighted by molar-refractivity contribution is 7.99. The molecule has 1 saturated carbocycles. The van der Waals surface area contributed by atoms with Crippen LogP contribution >= 0.6 is 11.8 Å². The van der Waals surface area contributed by atoms with Crippen molar-refractivity contribution in [2.24, 2.45) is 5.73 Å². The van der Waals surface area contributed by atoms with Gasteiger partial charge in [-0.15, -0.1) is 0 Å². The van der Waals surface area contributed by atoms with Gasteiger partial charge in [0, 0.05) is 11.3 Å². The zero-order chi connectivity index (χ0) is 13.8. The van der Waals surface area contributed by atoms with Crippen LogP contribution in [-0.2, 0) is 0 Å². The van der Waals surface area contributed by atoms with Gasteiger partial charge in [-0.25, -0.2) is 0 Å². The van der Waals surface area contributed by atoms with Crippen molar-refractivity contribution in [2.45, 2.75) is 37.0 Å². The second-order valence-electron chi connectivity index (χ2n) is 5.00. The molecule has 0 aromatic heterocycles. The van der Waals surface area contributed by atoms with Crippen LogP contribution in [0.2, 0.25) is 0 Å². The summed E-state index contributed by atoms with van der Waals surface area (Å²) in [4.78, 5) is 11.3. The largest absolute Gasteiger partial charge is 0.396 e. The summed E-state index contributed by atoms with van der Waals surface area (Å²) in [7, 11) is 0. The molecule has 1 fully saturated rings. The highest BCUT2D eigenvalue weighted by Crippen LogP contribution is 2.31. The fourth-order valence-electron chi connectivity index (χ4n) is 2.62. The fourth-order valence-corrected chi connectivity index (χ4v) is 3.44. The predicted molar refractivity (Wildman–Crippen MR) is 82.6 cm³/mol. The Bertz CT molecular complexity index is 464. The van der Waals surface area contributed by atoms with Gasteiger partial charge in [0.05, 0.1) is 16.9 Å². The third-order valence-corrected chi connectivity index (χ3v) is 4.79. The minimum atomic E-state index is -0.480. The molecule has 5 N–H and O–H groups in total. The number of nitrogen functional groups attached to an aromatic ring is 1. The van der Waals surface area contributed by atoms with Crippen LogP contribution in [0.25, 0.3) is 0 Å². The number of nitrogens with two attached hydrogens (primary N) is 2. The van der Waals surface area contributed by atoms with E-state index < -0.39 is 5.91 Å². The second kappa shape index (κ2) is 6.19. The number of nitrogens with one attached hydrogen (secondary N) is 1. The van der Waals surface area contributed by atoms with E-state index in [0.29, 0.717) is 22.5 Å². The number of amides is 1. The Balaban J connectivity index is 2.10. The lowest BCUT2D eigenvalue weighted by Gasteiger charge is -2.30. The van der Waals surface area contributed by atoms with Crippen LogP contribution in [0.3, 0.4) is 0 Å². The lowest BCUT2D eigenvalue weighted by atomic mass is 9.94. The summed E-state index contributed by atoms with van der Waals surface area (Å²) in [5, 5.41) is 4.18. The van der Waals surface area contributed by atoms with Crippen molar-refractivity contribution in [3.8, 4) is 0 Å². The third-order valence-electron chi connectivity index (χ3n) is 3.69. The van der Waals surface area contributed by atoms with E-state index >= 15 is 0 Å². The summed E-state index contributed by atoms with van der Waals surface area (Å²) in [6, 6.07) is 5.81. The van der Waals surface area contributed by atoms with E-state index in [1.54, 1.807) is 6.07 Å². The van der Waals surface area contributed by atoms with Gasteiger partial charge < -0.3 is 16.8 Å². The average molecular weight is 279 g/mol. The highest BCUT2D eigenvalue weighted by atomic mass is 32.2. The van der Waals surface area contributed by atoms with Gasteiger partial charge in [-0.3, -0.25) is 4.79 Å². The monoisotopic (exact) mass is 279 g/mol. The molecular formula is C14H21N3OS.